The average Bonchev–Trinajstić information content (AvgIpc) is 3.33. The Morgan fingerprint density at radius 1 is 0.328 bits per heavy atom. The van der Waals surface area contributed by atoms with Gasteiger partial charge in [-0.25, -0.2) is 0 Å². The number of esters is 3. The molecule has 0 aromatic rings. The Morgan fingerprint density at radius 3 is 1.07 bits per heavy atom. The van der Waals surface area contributed by atoms with Crippen LogP contribution in [0.2, 0.25) is 0 Å². The van der Waals surface area contributed by atoms with Crippen molar-refractivity contribution in [1.82, 2.24) is 0 Å². The third-order valence-electron chi connectivity index (χ3n) is 11.9. The number of unbranched alkanes of at least 4 members (excludes halogenated alkanes) is 26. The summed E-state index contributed by atoms with van der Waals surface area (Å²) in [6.07, 6.45) is 71.5. The van der Waals surface area contributed by atoms with Crippen molar-refractivity contribution in [3.05, 3.63) is 85.1 Å². The van der Waals surface area contributed by atoms with Crippen molar-refractivity contribution in [3.8, 4) is 0 Å². The Hall–Kier alpha value is -3.41. The van der Waals surface area contributed by atoms with Gasteiger partial charge in [-0.2, -0.15) is 0 Å². The molecule has 0 radical (unpaired) electrons. The van der Waals surface area contributed by atoms with E-state index in [0.717, 1.165) is 109 Å². The van der Waals surface area contributed by atoms with Crippen LogP contribution in [0.25, 0.3) is 0 Å². The Balaban J connectivity index is 4.39. The van der Waals surface area contributed by atoms with Crippen LogP contribution < -0.4 is 0 Å². The molecule has 0 spiro atoms. The summed E-state index contributed by atoms with van der Waals surface area (Å²) in [5, 5.41) is 0. The molecule has 0 saturated heterocycles. The van der Waals surface area contributed by atoms with Crippen LogP contribution in [0.5, 0.6) is 0 Å². The molecule has 0 bridgehead atoms. The van der Waals surface area contributed by atoms with Crippen molar-refractivity contribution < 1.29 is 28.6 Å². The molecular weight excluding hydrogens is 829 g/mol. The minimum atomic E-state index is -0.796. The predicted molar refractivity (Wildman–Crippen MR) is 288 cm³/mol. The van der Waals surface area contributed by atoms with E-state index in [0.29, 0.717) is 19.3 Å². The summed E-state index contributed by atoms with van der Waals surface area (Å²) in [5.41, 5.74) is 0. The maximum absolute atomic E-state index is 12.8. The van der Waals surface area contributed by atoms with E-state index in [2.05, 4.69) is 106 Å². The minimum Gasteiger partial charge on any atom is -0.462 e. The van der Waals surface area contributed by atoms with Crippen molar-refractivity contribution in [2.75, 3.05) is 13.2 Å². The molecule has 67 heavy (non-hydrogen) atoms. The van der Waals surface area contributed by atoms with E-state index in [1.807, 2.05) is 0 Å². The Kier molecular flexibility index (Phi) is 52.4. The van der Waals surface area contributed by atoms with E-state index in [-0.39, 0.29) is 31.1 Å². The summed E-state index contributed by atoms with van der Waals surface area (Å²) in [6, 6.07) is 0. The van der Waals surface area contributed by atoms with Crippen LogP contribution >= 0.6 is 0 Å². The zero-order valence-electron chi connectivity index (χ0n) is 43.9. The Bertz CT molecular complexity index is 1300. The van der Waals surface area contributed by atoms with Crippen molar-refractivity contribution in [3.63, 3.8) is 0 Å². The Morgan fingerprint density at radius 2 is 0.642 bits per heavy atom. The fraction of sp³-hybridized carbons (Fsp3) is 0.721. The molecule has 0 aromatic carbocycles. The third kappa shape index (κ3) is 53.4. The zero-order chi connectivity index (χ0) is 48.6. The molecule has 0 saturated carbocycles. The lowest BCUT2D eigenvalue weighted by atomic mass is 10.1. The standard InChI is InChI=1S/C61H104O6/c1-4-7-10-13-16-19-22-24-26-28-30-32-34-36-39-42-45-48-51-54-60(63)66-57-58(56-65-59(62)53-50-47-44-41-38-21-18-15-12-9-6-3)67-61(64)55-52-49-46-43-40-37-35-33-31-29-27-25-23-20-17-14-11-8-5-2/h7,10,15-16,18-19,21,24,26,29-32,38,58H,4-6,8-9,11-14,17,20,22-23,25,27-28,33-37,39-57H2,1-3H3/b10-7-,18-15-,19-16-,26-24-,31-29-,32-30-,38-21-. The number of rotatable bonds is 50. The summed E-state index contributed by atoms with van der Waals surface area (Å²) in [4.78, 5) is 38.1. The summed E-state index contributed by atoms with van der Waals surface area (Å²) < 4.78 is 16.8. The molecule has 0 heterocycles. The number of ether oxygens (including phenoxy) is 3. The van der Waals surface area contributed by atoms with E-state index in [9.17, 15) is 14.4 Å². The highest BCUT2D eigenvalue weighted by Crippen LogP contribution is 2.15. The third-order valence-corrected chi connectivity index (χ3v) is 11.9. The summed E-state index contributed by atoms with van der Waals surface area (Å²) in [7, 11) is 0. The quantitative estimate of drug-likeness (QED) is 0.0199. The van der Waals surface area contributed by atoms with Crippen LogP contribution in [-0.4, -0.2) is 37.2 Å². The monoisotopic (exact) mass is 933 g/mol. The number of hydrogen-bond donors (Lipinski definition) is 0. The smallest absolute Gasteiger partial charge is 0.306 e. The highest BCUT2D eigenvalue weighted by Gasteiger charge is 2.19. The molecule has 0 aliphatic carbocycles. The minimum absolute atomic E-state index is 0.0945. The zero-order valence-corrected chi connectivity index (χ0v) is 43.9. The fourth-order valence-corrected chi connectivity index (χ4v) is 7.64. The second-order valence-electron chi connectivity index (χ2n) is 18.5. The van der Waals surface area contributed by atoms with E-state index >= 15 is 0 Å². The van der Waals surface area contributed by atoms with Crippen molar-refractivity contribution in [1.29, 1.82) is 0 Å². The first kappa shape index (κ1) is 63.6. The highest BCUT2D eigenvalue weighted by atomic mass is 16.6. The lowest BCUT2D eigenvalue weighted by Crippen LogP contribution is -2.30. The van der Waals surface area contributed by atoms with Crippen molar-refractivity contribution >= 4 is 17.9 Å². The molecule has 0 rings (SSSR count). The summed E-state index contributed by atoms with van der Waals surface area (Å²) in [6.45, 7) is 6.44. The normalized spacial score (nSPS) is 12.7. The van der Waals surface area contributed by atoms with Gasteiger partial charge < -0.3 is 14.2 Å². The SMILES string of the molecule is CC/C=C\C/C=C\C/C=C\C/C=C\CCCCCCCCC(=O)OCC(COC(=O)CCCCC/C=C\C=C/CCCC)OC(=O)CCCCCCCCC/C=C\CCCCCCCCCC. The summed E-state index contributed by atoms with van der Waals surface area (Å²) >= 11 is 0. The molecule has 1 atom stereocenters. The van der Waals surface area contributed by atoms with Crippen LogP contribution in [0.4, 0.5) is 0 Å². The summed E-state index contributed by atoms with van der Waals surface area (Å²) in [5.74, 6) is -0.937. The van der Waals surface area contributed by atoms with Crippen molar-refractivity contribution in [2.24, 2.45) is 0 Å². The van der Waals surface area contributed by atoms with Crippen LogP contribution in [0.15, 0.2) is 85.1 Å². The van der Waals surface area contributed by atoms with Gasteiger partial charge in [-0.3, -0.25) is 14.4 Å². The molecule has 0 aliphatic rings. The lowest BCUT2D eigenvalue weighted by Gasteiger charge is -2.18. The number of carbonyl (C=O) groups excluding carboxylic acids is 3. The van der Waals surface area contributed by atoms with Gasteiger partial charge in [-0.1, -0.05) is 228 Å². The van der Waals surface area contributed by atoms with Gasteiger partial charge in [0.2, 0.25) is 0 Å². The van der Waals surface area contributed by atoms with E-state index in [1.165, 1.54) is 116 Å². The van der Waals surface area contributed by atoms with Gasteiger partial charge in [0.1, 0.15) is 13.2 Å². The molecule has 384 valence electrons. The average molecular weight is 933 g/mol. The lowest BCUT2D eigenvalue weighted by molar-refractivity contribution is -0.167. The van der Waals surface area contributed by atoms with Crippen LogP contribution in [0.3, 0.4) is 0 Å². The molecular formula is C61H104O6. The van der Waals surface area contributed by atoms with Crippen molar-refractivity contribution in [2.45, 2.75) is 271 Å². The molecule has 0 amide bonds. The number of hydrogen-bond acceptors (Lipinski definition) is 6. The van der Waals surface area contributed by atoms with Crippen LogP contribution in [-0.2, 0) is 28.6 Å². The maximum atomic E-state index is 12.8. The van der Waals surface area contributed by atoms with Crippen LogP contribution in [0.1, 0.15) is 265 Å². The van der Waals surface area contributed by atoms with E-state index in [4.69, 9.17) is 14.2 Å². The molecule has 1 unspecified atom stereocenters. The largest absolute Gasteiger partial charge is 0.462 e. The van der Waals surface area contributed by atoms with Gasteiger partial charge in [0.15, 0.2) is 6.10 Å². The predicted octanol–water partition coefficient (Wildman–Crippen LogP) is 18.8. The first-order chi connectivity index (χ1) is 33.0. The van der Waals surface area contributed by atoms with E-state index in [1.54, 1.807) is 0 Å². The number of carbonyl (C=O) groups is 3. The van der Waals surface area contributed by atoms with Gasteiger partial charge in [-0.05, 0) is 103 Å². The topological polar surface area (TPSA) is 78.9 Å². The molecule has 6 nitrogen and oxygen atoms in total. The van der Waals surface area contributed by atoms with E-state index < -0.39 is 6.10 Å². The molecule has 0 aliphatic heterocycles. The van der Waals surface area contributed by atoms with Gasteiger partial charge in [0.25, 0.3) is 0 Å². The first-order valence-corrected chi connectivity index (χ1v) is 28.1. The van der Waals surface area contributed by atoms with Crippen LogP contribution in [0, 0.1) is 0 Å². The Labute approximate surface area is 414 Å². The first-order valence-electron chi connectivity index (χ1n) is 28.1. The van der Waals surface area contributed by atoms with Gasteiger partial charge in [0.05, 0.1) is 0 Å². The molecule has 0 fully saturated rings. The van der Waals surface area contributed by atoms with Gasteiger partial charge in [-0.15, -0.1) is 0 Å². The molecule has 0 N–H and O–H groups in total. The number of allylic oxidation sites excluding steroid dienone is 14. The molecule has 6 heteroatoms. The second-order valence-corrected chi connectivity index (χ2v) is 18.5. The van der Waals surface area contributed by atoms with Gasteiger partial charge >= 0.3 is 17.9 Å². The molecule has 0 aromatic heterocycles. The highest BCUT2D eigenvalue weighted by molar-refractivity contribution is 5.71. The van der Waals surface area contributed by atoms with Gasteiger partial charge in [0, 0.05) is 19.3 Å². The second kappa shape index (κ2) is 55.2. The fourth-order valence-electron chi connectivity index (χ4n) is 7.64. The maximum Gasteiger partial charge on any atom is 0.306 e.